The molecule has 1 saturated carbocycles. The fourth-order valence-corrected chi connectivity index (χ4v) is 3.70. The molecule has 3 heteroatoms. The molecule has 1 heterocycles. The van der Waals surface area contributed by atoms with Gasteiger partial charge in [0.1, 0.15) is 0 Å². The quantitative estimate of drug-likeness (QED) is 0.769. The summed E-state index contributed by atoms with van der Waals surface area (Å²) in [6.07, 6.45) is 9.35. The second-order valence-corrected chi connectivity index (χ2v) is 6.39. The van der Waals surface area contributed by atoms with Crippen LogP contribution in [0.25, 0.3) is 0 Å². The van der Waals surface area contributed by atoms with Gasteiger partial charge in [0.2, 0.25) is 0 Å². The molecule has 2 atom stereocenters. The molecule has 2 nitrogen and oxygen atoms in total. The molecule has 0 spiro atoms. The highest BCUT2D eigenvalue weighted by atomic mass is 32.1. The number of rotatable bonds is 5. The zero-order valence-corrected chi connectivity index (χ0v) is 12.6. The summed E-state index contributed by atoms with van der Waals surface area (Å²) in [5, 5.41) is 0. The van der Waals surface area contributed by atoms with Gasteiger partial charge in [0.15, 0.2) is 0 Å². The predicted octanol–water partition coefficient (Wildman–Crippen LogP) is 3.70. The monoisotopic (exact) mass is 272 g/mol. The second-order valence-electron chi connectivity index (χ2n) is 6.07. The molecule has 0 radical (unpaired) electrons. The third-order valence-electron chi connectivity index (χ3n) is 4.86. The Morgan fingerprint density at radius 3 is 2.61 bits per heavy atom. The van der Waals surface area contributed by atoms with E-state index in [1.165, 1.54) is 32.1 Å². The van der Waals surface area contributed by atoms with E-state index in [4.69, 9.17) is 9.47 Å². The molecule has 0 N–H and O–H groups in total. The standard InChI is InChI=1S/C15H28O2S/c1-2-13-5-3-4-6-14(13)17-11-15(12-18)7-9-16-10-8-15/h13-14,18H,2-12H2,1H3. The van der Waals surface area contributed by atoms with Crippen LogP contribution in [0.3, 0.4) is 0 Å². The highest BCUT2D eigenvalue weighted by Gasteiger charge is 2.34. The van der Waals surface area contributed by atoms with Gasteiger partial charge in [0, 0.05) is 18.6 Å². The number of ether oxygens (including phenoxy) is 2. The van der Waals surface area contributed by atoms with Crippen LogP contribution in [-0.4, -0.2) is 31.7 Å². The van der Waals surface area contributed by atoms with Gasteiger partial charge in [-0.3, -0.25) is 0 Å². The molecule has 1 aliphatic carbocycles. The summed E-state index contributed by atoms with van der Waals surface area (Å²) in [4.78, 5) is 0. The Hall–Kier alpha value is 0.270. The van der Waals surface area contributed by atoms with Crippen molar-refractivity contribution in [2.75, 3.05) is 25.6 Å². The van der Waals surface area contributed by atoms with Crippen LogP contribution in [0.2, 0.25) is 0 Å². The molecule has 2 rings (SSSR count). The van der Waals surface area contributed by atoms with Crippen molar-refractivity contribution in [1.29, 1.82) is 0 Å². The van der Waals surface area contributed by atoms with Gasteiger partial charge in [-0.25, -0.2) is 0 Å². The zero-order chi connectivity index (χ0) is 12.8. The maximum atomic E-state index is 6.32. The van der Waals surface area contributed by atoms with Crippen LogP contribution in [0.5, 0.6) is 0 Å². The molecule has 1 saturated heterocycles. The Bertz CT molecular complexity index is 239. The van der Waals surface area contributed by atoms with E-state index in [0.29, 0.717) is 6.10 Å². The molecular weight excluding hydrogens is 244 g/mol. The molecule has 0 bridgehead atoms. The summed E-state index contributed by atoms with van der Waals surface area (Å²) in [6, 6.07) is 0. The first-order chi connectivity index (χ1) is 8.79. The minimum absolute atomic E-state index is 0.275. The van der Waals surface area contributed by atoms with E-state index in [2.05, 4.69) is 19.6 Å². The number of hydrogen-bond donors (Lipinski definition) is 1. The second kappa shape index (κ2) is 7.16. The summed E-state index contributed by atoms with van der Waals surface area (Å²) in [5.74, 6) is 1.72. The lowest BCUT2D eigenvalue weighted by Gasteiger charge is -2.39. The summed E-state index contributed by atoms with van der Waals surface area (Å²) < 4.78 is 11.8. The number of hydrogen-bond acceptors (Lipinski definition) is 3. The van der Waals surface area contributed by atoms with Gasteiger partial charge in [0.25, 0.3) is 0 Å². The van der Waals surface area contributed by atoms with E-state index in [9.17, 15) is 0 Å². The van der Waals surface area contributed by atoms with Crippen molar-refractivity contribution < 1.29 is 9.47 Å². The van der Waals surface area contributed by atoms with E-state index in [1.807, 2.05) is 0 Å². The van der Waals surface area contributed by atoms with Crippen LogP contribution >= 0.6 is 12.6 Å². The van der Waals surface area contributed by atoms with Crippen LogP contribution in [0.1, 0.15) is 51.9 Å². The van der Waals surface area contributed by atoms with Gasteiger partial charge in [-0.15, -0.1) is 0 Å². The fourth-order valence-electron chi connectivity index (χ4n) is 3.30. The van der Waals surface area contributed by atoms with Gasteiger partial charge >= 0.3 is 0 Å². The Morgan fingerprint density at radius 1 is 1.22 bits per heavy atom. The molecule has 2 fully saturated rings. The lowest BCUT2D eigenvalue weighted by molar-refractivity contribution is -0.0783. The van der Waals surface area contributed by atoms with Gasteiger partial charge < -0.3 is 9.47 Å². The predicted molar refractivity (Wildman–Crippen MR) is 78.3 cm³/mol. The van der Waals surface area contributed by atoms with Gasteiger partial charge in [0.05, 0.1) is 12.7 Å². The maximum absolute atomic E-state index is 6.32. The molecular formula is C15H28O2S. The van der Waals surface area contributed by atoms with E-state index in [1.54, 1.807) is 0 Å². The Labute approximate surface area is 117 Å². The first-order valence-corrected chi connectivity index (χ1v) is 8.23. The van der Waals surface area contributed by atoms with Crippen molar-refractivity contribution in [2.24, 2.45) is 11.3 Å². The average Bonchev–Trinajstić information content (AvgIpc) is 2.46. The molecule has 0 aromatic heterocycles. The van der Waals surface area contributed by atoms with E-state index < -0.39 is 0 Å². The van der Waals surface area contributed by atoms with Crippen molar-refractivity contribution in [3.8, 4) is 0 Å². The lowest BCUT2D eigenvalue weighted by Crippen LogP contribution is -2.39. The summed E-state index contributed by atoms with van der Waals surface area (Å²) in [6.45, 7) is 4.95. The topological polar surface area (TPSA) is 18.5 Å². The summed E-state index contributed by atoms with van der Waals surface area (Å²) >= 11 is 4.56. The van der Waals surface area contributed by atoms with Crippen LogP contribution in [-0.2, 0) is 9.47 Å². The minimum atomic E-state index is 0.275. The minimum Gasteiger partial charge on any atom is -0.381 e. The van der Waals surface area contributed by atoms with Crippen LogP contribution < -0.4 is 0 Å². The van der Waals surface area contributed by atoms with Crippen molar-refractivity contribution in [2.45, 2.75) is 58.0 Å². The maximum Gasteiger partial charge on any atom is 0.0603 e. The first kappa shape index (κ1) is 14.7. The largest absolute Gasteiger partial charge is 0.381 e. The SMILES string of the molecule is CCC1CCCCC1OCC1(CS)CCOCC1. The van der Waals surface area contributed by atoms with Crippen molar-refractivity contribution in [3.63, 3.8) is 0 Å². The molecule has 2 aliphatic rings. The van der Waals surface area contributed by atoms with Crippen molar-refractivity contribution >= 4 is 12.6 Å². The van der Waals surface area contributed by atoms with E-state index >= 15 is 0 Å². The van der Waals surface area contributed by atoms with Gasteiger partial charge in [-0.1, -0.05) is 26.2 Å². The molecule has 18 heavy (non-hydrogen) atoms. The highest BCUT2D eigenvalue weighted by molar-refractivity contribution is 7.80. The van der Waals surface area contributed by atoms with E-state index in [0.717, 1.165) is 44.3 Å². The Balaban J connectivity index is 1.84. The highest BCUT2D eigenvalue weighted by Crippen LogP contribution is 2.35. The fraction of sp³-hybridized carbons (Fsp3) is 1.00. The molecule has 106 valence electrons. The third-order valence-corrected chi connectivity index (χ3v) is 5.53. The van der Waals surface area contributed by atoms with Crippen molar-refractivity contribution in [1.82, 2.24) is 0 Å². The zero-order valence-electron chi connectivity index (χ0n) is 11.7. The summed E-state index contributed by atoms with van der Waals surface area (Å²) in [7, 11) is 0. The lowest BCUT2D eigenvalue weighted by atomic mass is 9.82. The normalized spacial score (nSPS) is 32.3. The average molecular weight is 272 g/mol. The van der Waals surface area contributed by atoms with Gasteiger partial charge in [-0.05, 0) is 37.4 Å². The van der Waals surface area contributed by atoms with Crippen LogP contribution in [0.15, 0.2) is 0 Å². The molecule has 0 aromatic rings. The van der Waals surface area contributed by atoms with Crippen molar-refractivity contribution in [3.05, 3.63) is 0 Å². The Morgan fingerprint density at radius 2 is 1.94 bits per heavy atom. The van der Waals surface area contributed by atoms with Gasteiger partial charge in [-0.2, -0.15) is 12.6 Å². The van der Waals surface area contributed by atoms with Crippen LogP contribution in [0, 0.1) is 11.3 Å². The molecule has 0 aromatic carbocycles. The molecule has 2 unspecified atom stereocenters. The molecule has 1 aliphatic heterocycles. The number of thiol groups is 1. The summed E-state index contributed by atoms with van der Waals surface area (Å²) in [5.41, 5.74) is 0.275. The van der Waals surface area contributed by atoms with Crippen LogP contribution in [0.4, 0.5) is 0 Å². The first-order valence-electron chi connectivity index (χ1n) is 7.60. The smallest absolute Gasteiger partial charge is 0.0603 e. The van der Waals surface area contributed by atoms with E-state index in [-0.39, 0.29) is 5.41 Å². The Kier molecular flexibility index (Phi) is 5.84. The third kappa shape index (κ3) is 3.64. The molecule has 0 amide bonds.